The van der Waals surface area contributed by atoms with Crippen molar-refractivity contribution in [2.24, 2.45) is 0 Å². The number of allylic oxidation sites excluding steroid dienone is 1. The minimum Gasteiger partial charge on any atom is -0.420 e. The summed E-state index contributed by atoms with van der Waals surface area (Å²) in [6.45, 7) is 4.18. The number of morpholine rings is 1. The van der Waals surface area contributed by atoms with Gasteiger partial charge in [0.25, 0.3) is 10.0 Å². The molecule has 0 bridgehead atoms. The van der Waals surface area contributed by atoms with Gasteiger partial charge in [-0.25, -0.2) is 13.2 Å². The van der Waals surface area contributed by atoms with Crippen molar-refractivity contribution in [2.45, 2.75) is 11.4 Å². The molecular formula is C28H27N2O6S+. The van der Waals surface area contributed by atoms with Gasteiger partial charge in [0.05, 0.1) is 23.7 Å². The normalized spacial score (nSPS) is 17.3. The van der Waals surface area contributed by atoms with Gasteiger partial charge in [-0.15, -0.1) is 0 Å². The molecule has 0 saturated carbocycles. The van der Waals surface area contributed by atoms with Crippen LogP contribution in [-0.4, -0.2) is 57.8 Å². The Balaban J connectivity index is 1.49. The summed E-state index contributed by atoms with van der Waals surface area (Å²) >= 11 is 0. The van der Waals surface area contributed by atoms with Crippen LogP contribution in [0, 0.1) is 0 Å². The molecule has 37 heavy (non-hydrogen) atoms. The Morgan fingerprint density at radius 3 is 2.24 bits per heavy atom. The molecule has 3 aromatic carbocycles. The number of esters is 1. The molecule has 8 nitrogen and oxygen atoms in total. The molecule has 5 rings (SSSR count). The lowest BCUT2D eigenvalue weighted by Crippen LogP contribution is -3.12. The third-order valence-electron chi connectivity index (χ3n) is 6.59. The topological polar surface area (TPSA) is 94.4 Å². The molecule has 0 amide bonds. The fourth-order valence-electron chi connectivity index (χ4n) is 4.53. The van der Waals surface area contributed by atoms with E-state index < -0.39 is 21.8 Å². The quantitative estimate of drug-likeness (QED) is 0.396. The molecule has 0 spiro atoms. The van der Waals surface area contributed by atoms with Crippen LogP contribution in [0.1, 0.15) is 31.8 Å². The van der Waals surface area contributed by atoms with Gasteiger partial charge in [0, 0.05) is 23.7 Å². The van der Waals surface area contributed by atoms with E-state index in [1.54, 1.807) is 54.6 Å². The van der Waals surface area contributed by atoms with Crippen LogP contribution >= 0.6 is 0 Å². The predicted octanol–water partition coefficient (Wildman–Crippen LogP) is 2.14. The van der Waals surface area contributed by atoms with E-state index in [0.29, 0.717) is 5.56 Å². The fraction of sp³-hybridized carbons (Fsp3) is 0.214. The molecule has 9 heteroatoms. The summed E-state index contributed by atoms with van der Waals surface area (Å²) in [7, 11) is -2.73. The molecule has 1 fully saturated rings. The average Bonchev–Trinajstić information content (AvgIpc) is 2.93. The van der Waals surface area contributed by atoms with Gasteiger partial charge < -0.3 is 14.4 Å². The molecular weight excluding hydrogens is 492 g/mol. The summed E-state index contributed by atoms with van der Waals surface area (Å²) in [5, 5.41) is 0. The minimum absolute atomic E-state index is 0.0336. The van der Waals surface area contributed by atoms with Crippen molar-refractivity contribution < 1.29 is 32.4 Å². The van der Waals surface area contributed by atoms with Gasteiger partial charge in [0.1, 0.15) is 25.3 Å². The second kappa shape index (κ2) is 10.3. The van der Waals surface area contributed by atoms with Crippen LogP contribution in [0.5, 0.6) is 0 Å². The Labute approximate surface area is 215 Å². The van der Waals surface area contributed by atoms with E-state index in [4.69, 9.17) is 9.47 Å². The standard InChI is InChI=1S/C28H26N2O6S/c1-29-25(26(31)21-7-3-2-4-8-21)27(23-9-5-6-10-24(23)37(29,33)34)36-28(32)22-13-11-20(12-14-22)19-30-15-17-35-18-16-30/h2-14H,15-19H2,1H3/p+1. The summed E-state index contributed by atoms with van der Waals surface area (Å²) in [6.07, 6.45) is 0. The zero-order chi connectivity index (χ0) is 26.0. The molecule has 0 atom stereocenters. The molecule has 0 radical (unpaired) electrons. The number of Topliss-reactive ketones (excluding diaryl/α,β-unsaturated/α-hetero) is 1. The van der Waals surface area contributed by atoms with Gasteiger partial charge in [-0.3, -0.25) is 9.10 Å². The van der Waals surface area contributed by atoms with E-state index in [0.717, 1.165) is 42.7 Å². The number of fused-ring (bicyclic) bond motifs is 1. The highest BCUT2D eigenvalue weighted by atomic mass is 32.2. The van der Waals surface area contributed by atoms with Crippen molar-refractivity contribution in [1.29, 1.82) is 0 Å². The minimum atomic E-state index is -4.02. The molecule has 0 aliphatic carbocycles. The molecule has 0 aromatic heterocycles. The zero-order valence-corrected chi connectivity index (χ0v) is 21.2. The Morgan fingerprint density at radius 1 is 0.892 bits per heavy atom. The SMILES string of the molecule is CN1C(C(=O)c2ccccc2)=C(OC(=O)c2ccc(C[NH+]3CCOCC3)cc2)c2ccccc2S1(=O)=O. The van der Waals surface area contributed by atoms with E-state index in [1.807, 2.05) is 12.1 Å². The summed E-state index contributed by atoms with van der Waals surface area (Å²) < 4.78 is 38.6. The molecule has 190 valence electrons. The Kier molecular flexibility index (Phi) is 6.92. The number of ketones is 1. The summed E-state index contributed by atoms with van der Waals surface area (Å²) in [4.78, 5) is 28.1. The largest absolute Gasteiger partial charge is 0.420 e. The maximum Gasteiger partial charge on any atom is 0.343 e. The van der Waals surface area contributed by atoms with Crippen LogP contribution in [0.3, 0.4) is 0 Å². The average molecular weight is 520 g/mol. The van der Waals surface area contributed by atoms with Crippen LogP contribution in [0.15, 0.2) is 89.5 Å². The van der Waals surface area contributed by atoms with Crippen LogP contribution in [-0.2, 0) is 26.0 Å². The van der Waals surface area contributed by atoms with Gasteiger partial charge in [0.2, 0.25) is 5.78 Å². The second-order valence-electron chi connectivity index (χ2n) is 8.97. The van der Waals surface area contributed by atoms with Crippen molar-refractivity contribution in [3.8, 4) is 0 Å². The first-order chi connectivity index (χ1) is 17.9. The maximum atomic E-state index is 13.5. The summed E-state index contributed by atoms with van der Waals surface area (Å²) in [6, 6.07) is 21.6. The number of rotatable bonds is 6. The third kappa shape index (κ3) is 4.93. The Bertz CT molecular complexity index is 1460. The van der Waals surface area contributed by atoms with E-state index in [-0.39, 0.29) is 27.5 Å². The summed E-state index contributed by atoms with van der Waals surface area (Å²) in [5.41, 5.74) is 1.61. The smallest absolute Gasteiger partial charge is 0.343 e. The number of likely N-dealkylation sites (N-methyl/N-ethyl adjacent to an activating group) is 1. The first-order valence-corrected chi connectivity index (χ1v) is 13.4. The summed E-state index contributed by atoms with van der Waals surface area (Å²) in [5.74, 6) is -1.33. The highest BCUT2D eigenvalue weighted by Gasteiger charge is 2.39. The van der Waals surface area contributed by atoms with Gasteiger partial charge >= 0.3 is 5.97 Å². The number of carbonyl (C=O) groups excluding carboxylic acids is 2. The van der Waals surface area contributed by atoms with Gasteiger partial charge in [0.15, 0.2) is 5.76 Å². The first-order valence-electron chi connectivity index (χ1n) is 12.0. The van der Waals surface area contributed by atoms with Crippen molar-refractivity contribution in [3.63, 3.8) is 0 Å². The van der Waals surface area contributed by atoms with Crippen molar-refractivity contribution >= 4 is 27.5 Å². The molecule has 2 heterocycles. The molecule has 2 aliphatic heterocycles. The lowest BCUT2D eigenvalue weighted by Gasteiger charge is -2.30. The highest BCUT2D eigenvalue weighted by Crippen LogP contribution is 2.38. The molecule has 3 aromatic rings. The lowest BCUT2D eigenvalue weighted by atomic mass is 10.0. The number of hydrogen-bond acceptors (Lipinski definition) is 6. The van der Waals surface area contributed by atoms with E-state index in [9.17, 15) is 18.0 Å². The number of benzene rings is 3. The van der Waals surface area contributed by atoms with Crippen LogP contribution in [0.25, 0.3) is 5.76 Å². The van der Waals surface area contributed by atoms with Gasteiger partial charge in [-0.05, 0) is 24.3 Å². The van der Waals surface area contributed by atoms with E-state index in [1.165, 1.54) is 24.1 Å². The van der Waals surface area contributed by atoms with Crippen LogP contribution in [0.2, 0.25) is 0 Å². The number of hydrogen-bond donors (Lipinski definition) is 1. The molecule has 0 unspecified atom stereocenters. The second-order valence-corrected chi connectivity index (χ2v) is 10.9. The Morgan fingerprint density at radius 2 is 1.54 bits per heavy atom. The maximum absolute atomic E-state index is 13.5. The number of ether oxygens (including phenoxy) is 2. The van der Waals surface area contributed by atoms with Crippen molar-refractivity contribution in [2.75, 3.05) is 33.4 Å². The van der Waals surface area contributed by atoms with Crippen LogP contribution in [0.4, 0.5) is 0 Å². The first kappa shape index (κ1) is 24.9. The van der Waals surface area contributed by atoms with Crippen molar-refractivity contribution in [1.82, 2.24) is 4.31 Å². The predicted molar refractivity (Wildman–Crippen MR) is 136 cm³/mol. The fourth-order valence-corrected chi connectivity index (χ4v) is 5.92. The molecule has 2 aliphatic rings. The monoisotopic (exact) mass is 519 g/mol. The number of sulfonamides is 1. The highest BCUT2D eigenvalue weighted by molar-refractivity contribution is 7.89. The third-order valence-corrected chi connectivity index (χ3v) is 8.41. The van der Waals surface area contributed by atoms with E-state index in [2.05, 4.69) is 0 Å². The number of nitrogens with one attached hydrogen (secondary N) is 1. The van der Waals surface area contributed by atoms with Crippen LogP contribution < -0.4 is 4.90 Å². The number of nitrogens with zero attached hydrogens (tertiary/aromatic N) is 1. The van der Waals surface area contributed by atoms with Gasteiger partial charge in [-0.1, -0.05) is 54.6 Å². The lowest BCUT2D eigenvalue weighted by molar-refractivity contribution is -0.921. The van der Waals surface area contributed by atoms with E-state index >= 15 is 0 Å². The number of carbonyl (C=O) groups is 2. The molecule has 1 saturated heterocycles. The molecule has 1 N–H and O–H groups in total. The van der Waals surface area contributed by atoms with Gasteiger partial charge in [-0.2, -0.15) is 0 Å². The number of quaternary nitrogens is 1. The zero-order valence-electron chi connectivity index (χ0n) is 20.3. The Hall–Kier alpha value is -3.79. The van der Waals surface area contributed by atoms with Crippen molar-refractivity contribution in [3.05, 3.63) is 107 Å².